The van der Waals surface area contributed by atoms with Gasteiger partial charge in [-0.2, -0.15) is 0 Å². The molecule has 1 heterocycles. The van der Waals surface area contributed by atoms with Crippen LogP contribution in [-0.2, 0) is 6.42 Å². The molecule has 3 heteroatoms. The molecule has 0 radical (unpaired) electrons. The highest BCUT2D eigenvalue weighted by Gasteiger charge is 2.01. The van der Waals surface area contributed by atoms with Crippen LogP contribution in [0.1, 0.15) is 18.9 Å². The highest BCUT2D eigenvalue weighted by molar-refractivity contribution is 5.03. The van der Waals surface area contributed by atoms with E-state index in [-0.39, 0.29) is 6.10 Å². The Morgan fingerprint density at radius 2 is 2.09 bits per heavy atom. The summed E-state index contributed by atoms with van der Waals surface area (Å²) in [5.74, 6) is 0. The Kier molecular flexibility index (Phi) is 2.98. The Bertz CT molecular complexity index is 201. The second kappa shape index (κ2) is 4.03. The van der Waals surface area contributed by atoms with E-state index >= 15 is 0 Å². The van der Waals surface area contributed by atoms with Gasteiger partial charge in [0, 0.05) is 18.8 Å². The SMILES string of the molecule is CCC(O)Cc1cncnc1. The van der Waals surface area contributed by atoms with Gasteiger partial charge in [0.1, 0.15) is 6.33 Å². The van der Waals surface area contributed by atoms with E-state index in [1.54, 1.807) is 12.4 Å². The summed E-state index contributed by atoms with van der Waals surface area (Å²) in [6.07, 6.45) is 6.10. The van der Waals surface area contributed by atoms with Gasteiger partial charge < -0.3 is 5.11 Å². The van der Waals surface area contributed by atoms with Crippen molar-refractivity contribution in [2.75, 3.05) is 0 Å². The Morgan fingerprint density at radius 1 is 1.45 bits per heavy atom. The molecule has 1 unspecified atom stereocenters. The van der Waals surface area contributed by atoms with Crippen LogP contribution in [-0.4, -0.2) is 21.2 Å². The average Bonchev–Trinajstić information content (AvgIpc) is 2.06. The summed E-state index contributed by atoms with van der Waals surface area (Å²) in [5, 5.41) is 9.26. The fraction of sp³-hybridized carbons (Fsp3) is 0.500. The maximum absolute atomic E-state index is 9.26. The molecule has 0 amide bonds. The number of hydrogen-bond donors (Lipinski definition) is 1. The number of nitrogens with zero attached hydrogens (tertiary/aromatic N) is 2. The highest BCUT2D eigenvalue weighted by Crippen LogP contribution is 2.01. The Balaban J connectivity index is 2.51. The standard InChI is InChI=1S/C8H12N2O/c1-2-8(11)3-7-4-9-6-10-5-7/h4-6,8,11H,2-3H2,1H3. The zero-order chi connectivity index (χ0) is 8.10. The monoisotopic (exact) mass is 152 g/mol. The van der Waals surface area contributed by atoms with Gasteiger partial charge >= 0.3 is 0 Å². The molecule has 0 aromatic carbocycles. The van der Waals surface area contributed by atoms with Crippen LogP contribution in [0.15, 0.2) is 18.7 Å². The van der Waals surface area contributed by atoms with Gasteiger partial charge in [0.25, 0.3) is 0 Å². The first-order valence-electron chi connectivity index (χ1n) is 3.75. The lowest BCUT2D eigenvalue weighted by molar-refractivity contribution is 0.170. The molecule has 0 aliphatic rings. The summed E-state index contributed by atoms with van der Waals surface area (Å²) in [7, 11) is 0. The quantitative estimate of drug-likeness (QED) is 0.696. The number of aliphatic hydroxyl groups is 1. The van der Waals surface area contributed by atoms with E-state index in [1.165, 1.54) is 6.33 Å². The fourth-order valence-electron chi connectivity index (χ4n) is 0.852. The van der Waals surface area contributed by atoms with Gasteiger partial charge in [-0.15, -0.1) is 0 Å². The van der Waals surface area contributed by atoms with Gasteiger partial charge in [0.05, 0.1) is 6.10 Å². The van der Waals surface area contributed by atoms with Crippen molar-refractivity contribution in [2.45, 2.75) is 25.9 Å². The lowest BCUT2D eigenvalue weighted by Gasteiger charge is -2.05. The van der Waals surface area contributed by atoms with Crippen molar-refractivity contribution in [3.05, 3.63) is 24.3 Å². The zero-order valence-corrected chi connectivity index (χ0v) is 6.57. The molecule has 1 N–H and O–H groups in total. The summed E-state index contributed by atoms with van der Waals surface area (Å²) < 4.78 is 0. The van der Waals surface area contributed by atoms with Gasteiger partial charge in [-0.1, -0.05) is 6.92 Å². The molecule has 0 bridgehead atoms. The summed E-state index contributed by atoms with van der Waals surface area (Å²) in [6, 6.07) is 0. The molecule has 0 aliphatic carbocycles. The number of rotatable bonds is 3. The molecule has 1 aromatic heterocycles. The first kappa shape index (κ1) is 8.14. The van der Waals surface area contributed by atoms with Gasteiger partial charge in [0.2, 0.25) is 0 Å². The minimum atomic E-state index is -0.263. The third-order valence-electron chi connectivity index (χ3n) is 1.56. The van der Waals surface area contributed by atoms with Crippen LogP contribution in [0.3, 0.4) is 0 Å². The smallest absolute Gasteiger partial charge is 0.115 e. The lowest BCUT2D eigenvalue weighted by atomic mass is 10.1. The molecule has 1 atom stereocenters. The number of aliphatic hydroxyl groups excluding tert-OH is 1. The average molecular weight is 152 g/mol. The molecule has 1 aromatic rings. The molecule has 1 rings (SSSR count). The van der Waals surface area contributed by atoms with Crippen molar-refractivity contribution in [2.24, 2.45) is 0 Å². The third kappa shape index (κ3) is 2.63. The van der Waals surface area contributed by atoms with Gasteiger partial charge in [0.15, 0.2) is 0 Å². The van der Waals surface area contributed by atoms with Crippen LogP contribution in [0.25, 0.3) is 0 Å². The first-order valence-corrected chi connectivity index (χ1v) is 3.75. The molecular formula is C8H12N2O. The van der Waals surface area contributed by atoms with Gasteiger partial charge in [-0.3, -0.25) is 0 Å². The maximum Gasteiger partial charge on any atom is 0.115 e. The lowest BCUT2D eigenvalue weighted by Crippen LogP contribution is -2.08. The van der Waals surface area contributed by atoms with Crippen molar-refractivity contribution in [3.8, 4) is 0 Å². The fourth-order valence-corrected chi connectivity index (χ4v) is 0.852. The van der Waals surface area contributed by atoms with Gasteiger partial charge in [-0.05, 0) is 12.0 Å². The predicted molar refractivity (Wildman–Crippen MR) is 42.0 cm³/mol. The molecule has 0 saturated heterocycles. The molecule has 0 aliphatic heterocycles. The van der Waals surface area contributed by atoms with Crippen molar-refractivity contribution in [1.29, 1.82) is 0 Å². The van der Waals surface area contributed by atoms with E-state index in [9.17, 15) is 5.11 Å². The Hall–Kier alpha value is -0.960. The Labute approximate surface area is 66.1 Å². The topological polar surface area (TPSA) is 46.0 Å². The van der Waals surface area contributed by atoms with Crippen molar-refractivity contribution >= 4 is 0 Å². The van der Waals surface area contributed by atoms with Crippen LogP contribution in [0.4, 0.5) is 0 Å². The van der Waals surface area contributed by atoms with E-state index in [0.717, 1.165) is 12.0 Å². The molecule has 0 fully saturated rings. The number of aromatic nitrogens is 2. The molecule has 3 nitrogen and oxygen atoms in total. The minimum absolute atomic E-state index is 0.263. The summed E-state index contributed by atoms with van der Waals surface area (Å²) >= 11 is 0. The summed E-state index contributed by atoms with van der Waals surface area (Å²) in [4.78, 5) is 7.70. The summed E-state index contributed by atoms with van der Waals surface area (Å²) in [6.45, 7) is 1.95. The van der Waals surface area contributed by atoms with E-state index in [0.29, 0.717) is 6.42 Å². The highest BCUT2D eigenvalue weighted by atomic mass is 16.3. The first-order chi connectivity index (χ1) is 5.33. The second-order valence-electron chi connectivity index (χ2n) is 2.51. The van der Waals surface area contributed by atoms with Crippen LogP contribution in [0, 0.1) is 0 Å². The largest absolute Gasteiger partial charge is 0.393 e. The van der Waals surface area contributed by atoms with E-state index < -0.39 is 0 Å². The van der Waals surface area contributed by atoms with E-state index in [1.807, 2.05) is 6.92 Å². The maximum atomic E-state index is 9.26. The van der Waals surface area contributed by atoms with E-state index in [4.69, 9.17) is 0 Å². The van der Waals surface area contributed by atoms with Crippen LogP contribution >= 0.6 is 0 Å². The molecule has 11 heavy (non-hydrogen) atoms. The summed E-state index contributed by atoms with van der Waals surface area (Å²) in [5.41, 5.74) is 0.988. The minimum Gasteiger partial charge on any atom is -0.393 e. The van der Waals surface area contributed by atoms with Gasteiger partial charge in [-0.25, -0.2) is 9.97 Å². The van der Waals surface area contributed by atoms with E-state index in [2.05, 4.69) is 9.97 Å². The van der Waals surface area contributed by atoms with Crippen molar-refractivity contribution in [1.82, 2.24) is 9.97 Å². The van der Waals surface area contributed by atoms with Crippen LogP contribution < -0.4 is 0 Å². The normalized spacial score (nSPS) is 12.9. The second-order valence-corrected chi connectivity index (χ2v) is 2.51. The molecule has 0 saturated carbocycles. The van der Waals surface area contributed by atoms with Crippen molar-refractivity contribution in [3.63, 3.8) is 0 Å². The predicted octanol–water partition coefficient (Wildman–Crippen LogP) is 0.790. The molecular weight excluding hydrogens is 140 g/mol. The zero-order valence-electron chi connectivity index (χ0n) is 6.57. The Morgan fingerprint density at radius 3 is 2.64 bits per heavy atom. The number of hydrogen-bond acceptors (Lipinski definition) is 3. The molecule has 0 spiro atoms. The van der Waals surface area contributed by atoms with Crippen LogP contribution in [0.5, 0.6) is 0 Å². The van der Waals surface area contributed by atoms with Crippen LogP contribution in [0.2, 0.25) is 0 Å². The molecule has 60 valence electrons. The van der Waals surface area contributed by atoms with Crippen molar-refractivity contribution < 1.29 is 5.11 Å². The third-order valence-corrected chi connectivity index (χ3v) is 1.56.